The highest BCUT2D eigenvalue weighted by molar-refractivity contribution is 5.24. The van der Waals surface area contributed by atoms with Crippen molar-refractivity contribution >= 4 is 6.01 Å². The van der Waals surface area contributed by atoms with Gasteiger partial charge in [-0.1, -0.05) is 5.10 Å². The molecule has 0 aromatic carbocycles. The van der Waals surface area contributed by atoms with Gasteiger partial charge in [-0.2, -0.15) is 0 Å². The van der Waals surface area contributed by atoms with Gasteiger partial charge in [-0.15, -0.1) is 5.10 Å². The molecule has 6 heteroatoms. The molecule has 0 unspecified atom stereocenters. The van der Waals surface area contributed by atoms with Gasteiger partial charge in [0, 0.05) is 26.6 Å². The van der Waals surface area contributed by atoms with E-state index >= 15 is 0 Å². The first kappa shape index (κ1) is 13.3. The lowest BCUT2D eigenvalue weighted by Crippen LogP contribution is -2.41. The number of aryl methyl sites for hydroxylation is 1. The van der Waals surface area contributed by atoms with Gasteiger partial charge >= 0.3 is 6.01 Å². The van der Waals surface area contributed by atoms with E-state index in [-0.39, 0.29) is 0 Å². The first-order valence-corrected chi connectivity index (χ1v) is 6.41. The lowest BCUT2D eigenvalue weighted by atomic mass is 9.94. The summed E-state index contributed by atoms with van der Waals surface area (Å²) in [6.45, 7) is 4.10. The molecule has 0 amide bonds. The van der Waals surface area contributed by atoms with Crippen LogP contribution in [-0.4, -0.2) is 59.5 Å². The topological polar surface area (TPSA) is 65.6 Å². The third-order valence-electron chi connectivity index (χ3n) is 3.31. The molecule has 1 atom stereocenters. The van der Waals surface area contributed by atoms with Crippen molar-refractivity contribution in [3.05, 3.63) is 5.89 Å². The quantitative estimate of drug-likeness (QED) is 0.855. The average molecular weight is 254 g/mol. The van der Waals surface area contributed by atoms with E-state index in [1.54, 1.807) is 6.92 Å². The second-order valence-electron chi connectivity index (χ2n) is 5.41. The normalized spacial score (nSPS) is 25.5. The minimum absolute atomic E-state index is 0.571. The van der Waals surface area contributed by atoms with Gasteiger partial charge in [0.2, 0.25) is 5.89 Å². The number of nitrogens with zero attached hydrogens (tertiary/aromatic N) is 4. The van der Waals surface area contributed by atoms with E-state index in [4.69, 9.17) is 4.42 Å². The maximum Gasteiger partial charge on any atom is 0.318 e. The summed E-state index contributed by atoms with van der Waals surface area (Å²) in [7, 11) is 3.98. The summed E-state index contributed by atoms with van der Waals surface area (Å²) >= 11 is 0. The summed E-state index contributed by atoms with van der Waals surface area (Å²) in [6.07, 6.45) is 2.48. The van der Waals surface area contributed by atoms with E-state index in [1.807, 2.05) is 19.0 Å². The Morgan fingerprint density at radius 1 is 1.33 bits per heavy atom. The van der Waals surface area contributed by atoms with Gasteiger partial charge in [-0.25, -0.2) is 0 Å². The molecule has 102 valence electrons. The molecule has 1 N–H and O–H groups in total. The molecule has 18 heavy (non-hydrogen) atoms. The number of aromatic nitrogens is 2. The highest BCUT2D eigenvalue weighted by atomic mass is 16.4. The maximum absolute atomic E-state index is 10.6. The van der Waals surface area contributed by atoms with Crippen molar-refractivity contribution in [2.75, 3.05) is 38.6 Å². The second-order valence-corrected chi connectivity index (χ2v) is 5.41. The summed E-state index contributed by atoms with van der Waals surface area (Å²) in [5.41, 5.74) is -0.604. The van der Waals surface area contributed by atoms with Crippen LogP contribution < -0.4 is 4.90 Å². The van der Waals surface area contributed by atoms with Gasteiger partial charge in [-0.3, -0.25) is 0 Å². The van der Waals surface area contributed by atoms with Crippen LogP contribution in [0.25, 0.3) is 0 Å². The van der Waals surface area contributed by atoms with Crippen molar-refractivity contribution in [2.24, 2.45) is 0 Å². The summed E-state index contributed by atoms with van der Waals surface area (Å²) in [6, 6.07) is 0.571. The van der Waals surface area contributed by atoms with Gasteiger partial charge < -0.3 is 19.3 Å². The van der Waals surface area contributed by atoms with Crippen LogP contribution in [0.2, 0.25) is 0 Å². The van der Waals surface area contributed by atoms with Gasteiger partial charge in [0.25, 0.3) is 0 Å². The van der Waals surface area contributed by atoms with Gasteiger partial charge in [0.15, 0.2) is 0 Å². The third kappa shape index (κ3) is 3.20. The molecule has 0 saturated carbocycles. The Kier molecular flexibility index (Phi) is 3.87. The number of anilines is 1. The van der Waals surface area contributed by atoms with Crippen molar-refractivity contribution in [1.29, 1.82) is 0 Å². The molecule has 1 aliphatic rings. The summed E-state index contributed by atoms with van der Waals surface area (Å²) in [4.78, 5) is 4.10. The molecule has 0 bridgehead atoms. The highest BCUT2D eigenvalue weighted by Crippen LogP contribution is 2.25. The average Bonchev–Trinajstić information content (AvgIpc) is 2.59. The van der Waals surface area contributed by atoms with E-state index in [2.05, 4.69) is 15.1 Å². The van der Waals surface area contributed by atoms with Crippen molar-refractivity contribution < 1.29 is 9.52 Å². The van der Waals surface area contributed by atoms with E-state index in [0.29, 0.717) is 18.5 Å². The van der Waals surface area contributed by atoms with Crippen molar-refractivity contribution in [1.82, 2.24) is 15.1 Å². The molecule has 0 aliphatic carbocycles. The van der Waals surface area contributed by atoms with Crippen LogP contribution >= 0.6 is 0 Å². The SMILES string of the molecule is Cc1nnc(N2CCC[C@](O)(CN(C)C)CC2)o1. The molecule has 1 saturated heterocycles. The summed E-state index contributed by atoms with van der Waals surface area (Å²) in [5, 5.41) is 18.4. The zero-order valence-corrected chi connectivity index (χ0v) is 11.4. The monoisotopic (exact) mass is 254 g/mol. The third-order valence-corrected chi connectivity index (χ3v) is 3.31. The smallest absolute Gasteiger partial charge is 0.318 e. The molecule has 0 spiro atoms. The number of rotatable bonds is 3. The van der Waals surface area contributed by atoms with Crippen molar-refractivity contribution in [3.63, 3.8) is 0 Å². The molecule has 2 heterocycles. The zero-order valence-electron chi connectivity index (χ0n) is 11.4. The highest BCUT2D eigenvalue weighted by Gasteiger charge is 2.31. The largest absolute Gasteiger partial charge is 0.408 e. The van der Waals surface area contributed by atoms with E-state index in [0.717, 1.165) is 32.4 Å². The zero-order chi connectivity index (χ0) is 13.2. The van der Waals surface area contributed by atoms with Gasteiger partial charge in [0.05, 0.1) is 5.60 Å². The summed E-state index contributed by atoms with van der Waals surface area (Å²) in [5.74, 6) is 0.581. The fourth-order valence-corrected chi connectivity index (χ4v) is 2.53. The Bertz CT molecular complexity index is 393. The molecular formula is C12H22N4O2. The Labute approximate surface area is 108 Å². The number of hydrogen-bond acceptors (Lipinski definition) is 6. The predicted octanol–water partition coefficient (Wildman–Crippen LogP) is 0.661. The van der Waals surface area contributed by atoms with Crippen LogP contribution in [0, 0.1) is 6.92 Å². The number of likely N-dealkylation sites (N-methyl/N-ethyl adjacent to an activating group) is 1. The molecule has 0 radical (unpaired) electrons. The Morgan fingerprint density at radius 2 is 2.11 bits per heavy atom. The van der Waals surface area contributed by atoms with Crippen LogP contribution in [0.4, 0.5) is 6.01 Å². The molecule has 1 fully saturated rings. The van der Waals surface area contributed by atoms with Crippen molar-refractivity contribution in [2.45, 2.75) is 31.8 Å². The Balaban J connectivity index is 2.00. The van der Waals surface area contributed by atoms with Crippen LogP contribution in [0.5, 0.6) is 0 Å². The molecule has 6 nitrogen and oxygen atoms in total. The molecular weight excluding hydrogens is 232 g/mol. The first-order valence-electron chi connectivity index (χ1n) is 6.41. The number of hydrogen-bond donors (Lipinski definition) is 1. The standard InChI is InChI=1S/C12H22N4O2/c1-10-13-14-11(18-10)16-7-4-5-12(17,6-8-16)9-15(2)3/h17H,4-9H2,1-3H3/t12-/m1/s1. The van der Waals surface area contributed by atoms with Gasteiger partial charge in [0.1, 0.15) is 0 Å². The van der Waals surface area contributed by atoms with E-state index in [1.165, 1.54) is 0 Å². The maximum atomic E-state index is 10.6. The van der Waals surface area contributed by atoms with Crippen molar-refractivity contribution in [3.8, 4) is 0 Å². The molecule has 1 aromatic heterocycles. The fraction of sp³-hybridized carbons (Fsp3) is 0.833. The Morgan fingerprint density at radius 3 is 2.72 bits per heavy atom. The minimum Gasteiger partial charge on any atom is -0.408 e. The Hall–Kier alpha value is -1.14. The second kappa shape index (κ2) is 5.24. The minimum atomic E-state index is -0.604. The number of aliphatic hydroxyl groups is 1. The van der Waals surface area contributed by atoms with Crippen LogP contribution in [0.1, 0.15) is 25.2 Å². The van der Waals surface area contributed by atoms with Crippen LogP contribution in [0.3, 0.4) is 0 Å². The summed E-state index contributed by atoms with van der Waals surface area (Å²) < 4.78 is 5.44. The molecule has 1 aromatic rings. The van der Waals surface area contributed by atoms with E-state index < -0.39 is 5.60 Å². The predicted molar refractivity (Wildman–Crippen MR) is 68.6 cm³/mol. The first-order chi connectivity index (χ1) is 8.48. The lowest BCUT2D eigenvalue weighted by Gasteiger charge is -2.29. The van der Waals surface area contributed by atoms with Crippen LogP contribution in [0.15, 0.2) is 4.42 Å². The lowest BCUT2D eigenvalue weighted by molar-refractivity contribution is 0.00534. The fourth-order valence-electron chi connectivity index (χ4n) is 2.53. The van der Waals surface area contributed by atoms with Crippen LogP contribution in [-0.2, 0) is 0 Å². The van der Waals surface area contributed by atoms with E-state index in [9.17, 15) is 5.11 Å². The molecule has 2 rings (SSSR count). The van der Waals surface area contributed by atoms with Gasteiger partial charge in [-0.05, 0) is 33.4 Å². The molecule has 1 aliphatic heterocycles.